The average Bonchev–Trinajstić information content (AvgIpc) is 3.44. The van der Waals surface area contributed by atoms with Crippen molar-refractivity contribution < 1.29 is 14.3 Å². The van der Waals surface area contributed by atoms with Crippen LogP contribution in [-0.2, 0) is 11.3 Å². The van der Waals surface area contributed by atoms with E-state index in [1.807, 2.05) is 48.5 Å². The summed E-state index contributed by atoms with van der Waals surface area (Å²) in [5.74, 6) is 2.90. The summed E-state index contributed by atoms with van der Waals surface area (Å²) in [5.41, 5.74) is 1.80. The first-order chi connectivity index (χ1) is 17.7. The number of anilines is 1. The Kier molecular flexibility index (Phi) is 6.75. The van der Waals surface area contributed by atoms with E-state index in [0.29, 0.717) is 17.7 Å². The third-order valence-electron chi connectivity index (χ3n) is 7.81. The Morgan fingerprint density at radius 1 is 1.03 bits per heavy atom. The van der Waals surface area contributed by atoms with E-state index in [1.54, 1.807) is 6.20 Å². The topological polar surface area (TPSA) is 75.7 Å². The van der Waals surface area contributed by atoms with E-state index in [1.165, 1.54) is 25.7 Å². The van der Waals surface area contributed by atoms with Crippen molar-refractivity contribution in [3.63, 3.8) is 0 Å². The molecule has 1 aromatic heterocycles. The Hall–Kier alpha value is -3.16. The normalized spacial score (nSPS) is 22.4. The number of hydrogen-bond acceptors (Lipinski definition) is 5. The van der Waals surface area contributed by atoms with Gasteiger partial charge in [-0.2, -0.15) is 0 Å². The first-order valence-electron chi connectivity index (χ1n) is 13.2. The van der Waals surface area contributed by atoms with Gasteiger partial charge in [-0.3, -0.25) is 9.88 Å². The van der Waals surface area contributed by atoms with Crippen LogP contribution in [0.5, 0.6) is 11.5 Å². The maximum Gasteiger partial charge on any atom is 0.319 e. The number of carbonyl (C=O) groups is 1. The molecule has 2 N–H and O–H groups in total. The summed E-state index contributed by atoms with van der Waals surface area (Å²) in [6.07, 6.45) is 8.22. The second-order valence-corrected chi connectivity index (χ2v) is 10.3. The molecule has 1 aliphatic heterocycles. The molecule has 2 unspecified atom stereocenters. The van der Waals surface area contributed by atoms with Crippen LogP contribution in [0.3, 0.4) is 0 Å². The van der Waals surface area contributed by atoms with Crippen molar-refractivity contribution >= 4 is 22.5 Å². The summed E-state index contributed by atoms with van der Waals surface area (Å²) in [4.78, 5) is 19.7. The SMILES string of the molecule is O=C(Nc1ccc(Oc2ccc(CN3CCOCC3)nc2)c2ccccc12)NC1CC1C1CCCC1. The van der Waals surface area contributed by atoms with E-state index in [-0.39, 0.29) is 6.03 Å². The number of hydrogen-bond donors (Lipinski definition) is 2. The van der Waals surface area contributed by atoms with E-state index in [2.05, 4.69) is 20.5 Å². The van der Waals surface area contributed by atoms with Gasteiger partial charge in [0.05, 0.1) is 30.8 Å². The van der Waals surface area contributed by atoms with Gasteiger partial charge in [0, 0.05) is 36.4 Å². The van der Waals surface area contributed by atoms with Crippen molar-refractivity contribution in [1.82, 2.24) is 15.2 Å². The minimum atomic E-state index is -0.126. The first kappa shape index (κ1) is 23.3. The standard InChI is InChI=1S/C29H34N4O3/c34-29(32-27-17-25(27)20-5-1-2-6-20)31-26-11-12-28(24-8-4-3-7-23(24)26)36-22-10-9-21(30-18-22)19-33-13-15-35-16-14-33/h3-4,7-12,18,20,25,27H,1-2,5-6,13-17,19H2,(H2,31,32,34). The van der Waals surface area contributed by atoms with Crippen LogP contribution >= 0.6 is 0 Å². The zero-order valence-corrected chi connectivity index (χ0v) is 20.6. The van der Waals surface area contributed by atoms with Gasteiger partial charge in [0.25, 0.3) is 0 Å². The molecule has 0 radical (unpaired) electrons. The highest BCUT2D eigenvalue weighted by molar-refractivity contribution is 6.04. The van der Waals surface area contributed by atoms with Crippen molar-refractivity contribution in [2.24, 2.45) is 11.8 Å². The second kappa shape index (κ2) is 10.4. The summed E-state index contributed by atoms with van der Waals surface area (Å²) in [7, 11) is 0. The Balaban J connectivity index is 1.11. The van der Waals surface area contributed by atoms with Crippen LogP contribution in [0.4, 0.5) is 10.5 Å². The fraction of sp³-hybridized carbons (Fsp3) is 0.448. The zero-order valence-electron chi connectivity index (χ0n) is 20.6. The number of benzene rings is 2. The van der Waals surface area contributed by atoms with Crippen molar-refractivity contribution in [2.75, 3.05) is 31.6 Å². The van der Waals surface area contributed by atoms with Crippen molar-refractivity contribution in [3.05, 3.63) is 60.4 Å². The summed E-state index contributed by atoms with van der Waals surface area (Å²) in [5, 5.41) is 8.15. The highest BCUT2D eigenvalue weighted by Gasteiger charge is 2.44. The highest BCUT2D eigenvalue weighted by Crippen LogP contribution is 2.45. The number of rotatable bonds is 7. The van der Waals surface area contributed by atoms with Gasteiger partial charge in [0.2, 0.25) is 0 Å². The average molecular weight is 487 g/mol. The van der Waals surface area contributed by atoms with Gasteiger partial charge in [0.15, 0.2) is 0 Å². The lowest BCUT2D eigenvalue weighted by atomic mass is 10.0. The molecule has 2 amide bonds. The van der Waals surface area contributed by atoms with Crippen LogP contribution in [0, 0.1) is 11.8 Å². The molecule has 1 saturated heterocycles. The number of aromatic nitrogens is 1. The summed E-state index contributed by atoms with van der Waals surface area (Å²) < 4.78 is 11.6. The van der Waals surface area contributed by atoms with Crippen LogP contribution < -0.4 is 15.4 Å². The number of fused-ring (bicyclic) bond motifs is 1. The maximum atomic E-state index is 12.7. The number of ether oxygens (including phenoxy) is 2. The molecule has 0 spiro atoms. The minimum absolute atomic E-state index is 0.126. The van der Waals surface area contributed by atoms with Gasteiger partial charge in [0.1, 0.15) is 11.5 Å². The number of carbonyl (C=O) groups excluding carboxylic acids is 1. The zero-order chi connectivity index (χ0) is 24.3. The van der Waals surface area contributed by atoms with Crippen LogP contribution in [0.2, 0.25) is 0 Å². The van der Waals surface area contributed by atoms with E-state index in [4.69, 9.17) is 9.47 Å². The molecule has 36 heavy (non-hydrogen) atoms. The molecule has 3 aromatic rings. The third kappa shape index (κ3) is 5.32. The summed E-state index contributed by atoms with van der Waals surface area (Å²) in [6, 6.07) is 16.0. The van der Waals surface area contributed by atoms with Crippen LogP contribution in [-0.4, -0.2) is 48.3 Å². The molecule has 2 aliphatic carbocycles. The molecule has 0 bridgehead atoms. The third-order valence-corrected chi connectivity index (χ3v) is 7.81. The van der Waals surface area contributed by atoms with Crippen molar-refractivity contribution in [1.29, 1.82) is 0 Å². The number of pyridine rings is 1. The molecule has 2 saturated carbocycles. The minimum Gasteiger partial charge on any atom is -0.455 e. The van der Waals surface area contributed by atoms with Gasteiger partial charge in [-0.25, -0.2) is 4.79 Å². The molecular formula is C29H34N4O3. The number of morpholine rings is 1. The van der Waals surface area contributed by atoms with Crippen molar-refractivity contribution in [2.45, 2.75) is 44.7 Å². The second-order valence-electron chi connectivity index (χ2n) is 10.3. The van der Waals surface area contributed by atoms with E-state index in [9.17, 15) is 4.79 Å². The monoisotopic (exact) mass is 486 g/mol. The lowest BCUT2D eigenvalue weighted by Crippen LogP contribution is -2.35. The Bertz CT molecular complexity index is 1200. The van der Waals surface area contributed by atoms with Gasteiger partial charge >= 0.3 is 6.03 Å². The largest absolute Gasteiger partial charge is 0.455 e. The van der Waals surface area contributed by atoms with Gasteiger partial charge in [-0.15, -0.1) is 0 Å². The quantitative estimate of drug-likeness (QED) is 0.457. The predicted octanol–water partition coefficient (Wildman–Crippen LogP) is 5.56. The molecule has 2 aromatic carbocycles. The Labute approximate surface area is 212 Å². The molecule has 3 aliphatic rings. The number of nitrogens with zero attached hydrogens (tertiary/aromatic N) is 2. The van der Waals surface area contributed by atoms with E-state index >= 15 is 0 Å². The first-order valence-corrected chi connectivity index (χ1v) is 13.2. The van der Waals surface area contributed by atoms with Crippen LogP contribution in [0.15, 0.2) is 54.7 Å². The fourth-order valence-corrected chi connectivity index (χ4v) is 5.76. The molecule has 2 atom stereocenters. The molecule has 7 heteroatoms. The van der Waals surface area contributed by atoms with Crippen molar-refractivity contribution in [3.8, 4) is 11.5 Å². The molecule has 188 valence electrons. The number of nitrogens with one attached hydrogen (secondary N) is 2. The number of amides is 2. The van der Waals surface area contributed by atoms with Gasteiger partial charge < -0.3 is 20.1 Å². The lowest BCUT2D eigenvalue weighted by molar-refractivity contribution is 0.0336. The smallest absolute Gasteiger partial charge is 0.319 e. The molecule has 6 rings (SSSR count). The van der Waals surface area contributed by atoms with Crippen LogP contribution in [0.1, 0.15) is 37.8 Å². The van der Waals surface area contributed by atoms with Gasteiger partial charge in [-0.05, 0) is 42.5 Å². The lowest BCUT2D eigenvalue weighted by Gasteiger charge is -2.26. The van der Waals surface area contributed by atoms with Gasteiger partial charge in [-0.1, -0.05) is 49.9 Å². The number of urea groups is 1. The van der Waals surface area contributed by atoms with E-state index in [0.717, 1.165) is 73.1 Å². The molecule has 3 fully saturated rings. The summed E-state index contributed by atoms with van der Waals surface area (Å²) >= 11 is 0. The maximum absolute atomic E-state index is 12.7. The van der Waals surface area contributed by atoms with Crippen LogP contribution in [0.25, 0.3) is 10.8 Å². The molecular weight excluding hydrogens is 452 g/mol. The Morgan fingerprint density at radius 3 is 2.61 bits per heavy atom. The predicted molar refractivity (Wildman–Crippen MR) is 140 cm³/mol. The Morgan fingerprint density at radius 2 is 1.83 bits per heavy atom. The molecule has 2 heterocycles. The summed E-state index contributed by atoms with van der Waals surface area (Å²) in [6.45, 7) is 4.25. The molecule has 7 nitrogen and oxygen atoms in total. The fourth-order valence-electron chi connectivity index (χ4n) is 5.76. The van der Waals surface area contributed by atoms with E-state index < -0.39 is 0 Å². The highest BCUT2D eigenvalue weighted by atomic mass is 16.5.